The van der Waals surface area contributed by atoms with Gasteiger partial charge in [0.15, 0.2) is 0 Å². The van der Waals surface area contributed by atoms with Crippen molar-refractivity contribution in [1.82, 2.24) is 0 Å². The lowest BCUT2D eigenvalue weighted by Gasteiger charge is -2.34. The summed E-state index contributed by atoms with van der Waals surface area (Å²) in [5, 5.41) is 10.9. The van der Waals surface area contributed by atoms with Gasteiger partial charge in [0.25, 0.3) is 0 Å². The molecule has 0 fully saturated rings. The van der Waals surface area contributed by atoms with Crippen molar-refractivity contribution in [3.05, 3.63) is 71.3 Å². The Balaban J connectivity index is 2.11. The maximum atomic E-state index is 11.0. The Morgan fingerprint density at radius 3 is 1.79 bits per heavy atom. The molecule has 98 valence electrons. The summed E-state index contributed by atoms with van der Waals surface area (Å²) in [7, 11) is -1.57. The summed E-state index contributed by atoms with van der Waals surface area (Å²) in [4.78, 5) is 0. The maximum absolute atomic E-state index is 11.0. The highest BCUT2D eigenvalue weighted by Crippen LogP contribution is 2.62. The molecule has 0 spiro atoms. The molecule has 1 nitrogen and oxygen atoms in total. The van der Waals surface area contributed by atoms with Crippen molar-refractivity contribution in [2.45, 2.75) is 30.8 Å². The van der Waals surface area contributed by atoms with Gasteiger partial charge in [-0.2, -0.15) is 0 Å². The van der Waals surface area contributed by atoms with Gasteiger partial charge >= 0.3 is 0 Å². The molecule has 2 aromatic rings. The monoisotopic (exact) mass is 268 g/mol. The first kappa shape index (κ1) is 12.6. The van der Waals surface area contributed by atoms with Gasteiger partial charge in [-0.15, -0.1) is 0 Å². The first-order valence-electron chi connectivity index (χ1n) is 6.82. The molecule has 0 amide bonds. The summed E-state index contributed by atoms with van der Waals surface area (Å²) < 4.78 is 0. The van der Waals surface area contributed by atoms with E-state index in [0.29, 0.717) is 0 Å². The van der Waals surface area contributed by atoms with E-state index in [9.17, 15) is 5.11 Å². The summed E-state index contributed by atoms with van der Waals surface area (Å²) >= 11 is 0. The number of aliphatic hydroxyl groups is 1. The molecule has 0 saturated heterocycles. The number of hydrogen-bond acceptors (Lipinski definition) is 1. The van der Waals surface area contributed by atoms with Crippen LogP contribution in [0, 0.1) is 0 Å². The fourth-order valence-corrected chi connectivity index (χ4v) is 6.46. The highest BCUT2D eigenvalue weighted by Gasteiger charge is 2.62. The first-order chi connectivity index (χ1) is 8.99. The standard InChI is InChI=1S/C17H20OSi/c1-19(2,3)17(14-11-7-8-12-15(14)17)16(18)13-9-5-4-6-10-13/h4-12,16,18H,1-3H3. The van der Waals surface area contributed by atoms with Crippen LogP contribution in [0.1, 0.15) is 22.8 Å². The normalized spacial score (nSPS) is 17.7. The highest BCUT2D eigenvalue weighted by molar-refractivity contribution is 6.81. The van der Waals surface area contributed by atoms with Gasteiger partial charge in [-0.3, -0.25) is 0 Å². The molecular weight excluding hydrogens is 248 g/mol. The van der Waals surface area contributed by atoms with Crippen LogP contribution in [0.3, 0.4) is 0 Å². The molecule has 0 aromatic heterocycles. The molecule has 0 bridgehead atoms. The van der Waals surface area contributed by atoms with Crippen LogP contribution in [0.4, 0.5) is 0 Å². The van der Waals surface area contributed by atoms with Crippen molar-refractivity contribution in [2.75, 3.05) is 0 Å². The molecule has 1 unspecified atom stereocenters. The van der Waals surface area contributed by atoms with Gasteiger partial charge in [-0.1, -0.05) is 74.2 Å². The van der Waals surface area contributed by atoms with Crippen molar-refractivity contribution >= 4 is 8.07 Å². The molecule has 1 atom stereocenters. The predicted octanol–water partition coefficient (Wildman–Crippen LogP) is 3.90. The van der Waals surface area contributed by atoms with Crippen molar-refractivity contribution in [3.63, 3.8) is 0 Å². The zero-order chi connectivity index (χ0) is 13.7. The largest absolute Gasteiger partial charge is 0.387 e. The van der Waals surface area contributed by atoms with Gasteiger partial charge < -0.3 is 5.11 Å². The van der Waals surface area contributed by atoms with Gasteiger partial charge in [0.1, 0.15) is 0 Å². The van der Waals surface area contributed by atoms with Crippen molar-refractivity contribution in [3.8, 4) is 0 Å². The minimum atomic E-state index is -1.57. The third-order valence-corrected chi connectivity index (χ3v) is 7.60. The Kier molecular flexibility index (Phi) is 2.70. The average molecular weight is 268 g/mol. The van der Waals surface area contributed by atoms with E-state index in [0.717, 1.165) is 5.56 Å². The number of hydrogen-bond donors (Lipinski definition) is 1. The van der Waals surface area contributed by atoms with Crippen molar-refractivity contribution in [2.24, 2.45) is 0 Å². The average Bonchev–Trinajstić information content (AvgIpc) is 3.09. The minimum absolute atomic E-state index is 0.0994. The summed E-state index contributed by atoms with van der Waals surface area (Å²) in [5.74, 6) is 0. The highest BCUT2D eigenvalue weighted by atomic mass is 28.3. The predicted molar refractivity (Wildman–Crippen MR) is 82.0 cm³/mol. The summed E-state index contributed by atoms with van der Waals surface area (Å²) in [6, 6.07) is 18.6. The van der Waals surface area contributed by atoms with Crippen LogP contribution in [0.15, 0.2) is 54.6 Å². The zero-order valence-electron chi connectivity index (χ0n) is 11.7. The van der Waals surface area contributed by atoms with Crippen molar-refractivity contribution in [1.29, 1.82) is 0 Å². The zero-order valence-corrected chi connectivity index (χ0v) is 12.7. The van der Waals surface area contributed by atoms with Crippen LogP contribution in [-0.4, -0.2) is 13.2 Å². The molecule has 1 aliphatic rings. The summed E-state index contributed by atoms with van der Waals surface area (Å²) in [6.07, 6.45) is -0.419. The quantitative estimate of drug-likeness (QED) is 0.837. The molecule has 2 aromatic carbocycles. The Labute approximate surface area is 115 Å². The molecule has 1 aliphatic carbocycles. The fraction of sp³-hybridized carbons (Fsp3) is 0.294. The van der Waals surface area contributed by atoms with E-state index in [1.165, 1.54) is 11.1 Å². The van der Waals surface area contributed by atoms with Crippen LogP contribution in [0.25, 0.3) is 0 Å². The molecule has 3 rings (SSSR count). The molecular formula is C17H20OSi. The third kappa shape index (κ3) is 1.63. The smallest absolute Gasteiger partial charge is 0.0901 e. The van der Waals surface area contributed by atoms with E-state index < -0.39 is 14.2 Å². The Morgan fingerprint density at radius 2 is 1.32 bits per heavy atom. The van der Waals surface area contributed by atoms with Crippen LogP contribution < -0.4 is 0 Å². The van der Waals surface area contributed by atoms with E-state index in [-0.39, 0.29) is 5.04 Å². The second-order valence-electron chi connectivity index (χ2n) is 6.42. The number of fused-ring (bicyclic) bond motifs is 1. The van der Waals surface area contributed by atoms with Crippen LogP contribution in [0.2, 0.25) is 19.6 Å². The maximum Gasteiger partial charge on any atom is 0.0901 e. The van der Waals surface area contributed by atoms with Crippen LogP contribution >= 0.6 is 0 Å². The molecule has 0 saturated carbocycles. The molecule has 0 heterocycles. The topological polar surface area (TPSA) is 20.2 Å². The van der Waals surface area contributed by atoms with Gasteiger partial charge in [0, 0.05) is 5.04 Å². The lowest BCUT2D eigenvalue weighted by Crippen LogP contribution is -2.44. The van der Waals surface area contributed by atoms with E-state index in [1.54, 1.807) is 0 Å². The summed E-state index contributed by atoms with van der Waals surface area (Å²) in [5.41, 5.74) is 3.73. The fourth-order valence-electron chi connectivity index (χ4n) is 3.48. The van der Waals surface area contributed by atoms with Gasteiger partial charge in [0.05, 0.1) is 14.2 Å². The van der Waals surface area contributed by atoms with Crippen LogP contribution in [-0.2, 0) is 5.04 Å². The molecule has 1 N–H and O–H groups in total. The molecule has 0 radical (unpaired) electrons. The Hall–Kier alpha value is -1.38. The number of aliphatic hydroxyl groups excluding tert-OH is 1. The summed E-state index contributed by atoms with van der Waals surface area (Å²) in [6.45, 7) is 7.04. The molecule has 0 aliphatic heterocycles. The molecule has 19 heavy (non-hydrogen) atoms. The number of benzene rings is 2. The lowest BCUT2D eigenvalue weighted by molar-refractivity contribution is 0.154. The minimum Gasteiger partial charge on any atom is -0.387 e. The van der Waals surface area contributed by atoms with Crippen molar-refractivity contribution < 1.29 is 5.11 Å². The SMILES string of the molecule is C[Si](C)(C)C1(C(O)c2ccccc2)c2ccccc21. The third-order valence-electron chi connectivity index (χ3n) is 4.42. The second kappa shape index (κ2) is 4.05. The van der Waals surface area contributed by atoms with E-state index >= 15 is 0 Å². The van der Waals surface area contributed by atoms with Gasteiger partial charge in [-0.25, -0.2) is 0 Å². The van der Waals surface area contributed by atoms with Gasteiger partial charge in [0.2, 0.25) is 0 Å². The van der Waals surface area contributed by atoms with E-state index in [4.69, 9.17) is 0 Å². The van der Waals surface area contributed by atoms with Crippen LogP contribution in [0.5, 0.6) is 0 Å². The van der Waals surface area contributed by atoms with Gasteiger partial charge in [-0.05, 0) is 16.7 Å². The molecule has 2 heteroatoms. The second-order valence-corrected chi connectivity index (χ2v) is 11.7. The van der Waals surface area contributed by atoms with E-state index in [1.807, 2.05) is 30.3 Å². The first-order valence-corrected chi connectivity index (χ1v) is 10.3. The lowest BCUT2D eigenvalue weighted by atomic mass is 10.0. The Bertz CT molecular complexity index is 575. The number of rotatable bonds is 3. The Morgan fingerprint density at radius 1 is 0.842 bits per heavy atom. The van der Waals surface area contributed by atoms with E-state index in [2.05, 4.69) is 43.9 Å².